The molecule has 3 aliphatic heterocycles. The summed E-state index contributed by atoms with van der Waals surface area (Å²) in [5, 5.41) is 9.84. The van der Waals surface area contributed by atoms with Crippen LogP contribution in [0.3, 0.4) is 0 Å². The average Bonchev–Trinajstić information content (AvgIpc) is 3.44. The minimum absolute atomic E-state index is 0.0331. The molecule has 9 heteroatoms. The maximum Gasteiger partial charge on any atom is 0.320 e. The molecule has 27 heavy (non-hydrogen) atoms. The molecule has 0 bridgehead atoms. The number of likely N-dealkylation sites (tertiary alicyclic amines) is 2. The van der Waals surface area contributed by atoms with E-state index in [9.17, 15) is 4.79 Å². The minimum atomic E-state index is 0.0331. The van der Waals surface area contributed by atoms with Crippen LogP contribution in [0.25, 0.3) is 0 Å². The topological polar surface area (TPSA) is 66.7 Å². The summed E-state index contributed by atoms with van der Waals surface area (Å²) in [4.78, 5) is 19.4. The predicted octanol–water partition coefficient (Wildman–Crippen LogP) is 1.59. The Bertz CT molecular complexity index is 642. The summed E-state index contributed by atoms with van der Waals surface area (Å²) in [7, 11) is 2.03. The quantitative estimate of drug-likeness (QED) is 0.707. The minimum Gasteiger partial charge on any atom is -0.378 e. The summed E-state index contributed by atoms with van der Waals surface area (Å²) >= 11 is 1.77. The molecule has 0 radical (unpaired) electrons. The van der Waals surface area contributed by atoms with Gasteiger partial charge in [-0.1, -0.05) is 11.8 Å². The summed E-state index contributed by atoms with van der Waals surface area (Å²) in [6.45, 7) is 6.98. The first-order chi connectivity index (χ1) is 13.2. The molecular weight excluding hydrogens is 364 g/mol. The molecule has 1 aromatic rings. The number of urea groups is 1. The Labute approximate surface area is 165 Å². The van der Waals surface area contributed by atoms with Crippen LogP contribution in [0.5, 0.6) is 0 Å². The van der Waals surface area contributed by atoms with Gasteiger partial charge in [0.05, 0.1) is 19.3 Å². The second-order valence-corrected chi connectivity index (χ2v) is 8.59. The third kappa shape index (κ3) is 4.25. The molecule has 8 nitrogen and oxygen atoms in total. The van der Waals surface area contributed by atoms with E-state index in [0.29, 0.717) is 26.3 Å². The monoisotopic (exact) mass is 394 g/mol. The number of morpholine rings is 1. The molecule has 4 heterocycles. The Morgan fingerprint density at radius 2 is 1.89 bits per heavy atom. The zero-order valence-corrected chi connectivity index (χ0v) is 17.0. The lowest BCUT2D eigenvalue weighted by molar-refractivity contribution is 0.0417. The second kappa shape index (κ2) is 8.79. The summed E-state index contributed by atoms with van der Waals surface area (Å²) in [5.41, 5.74) is 0. The number of rotatable bonds is 5. The first-order valence-electron chi connectivity index (χ1n) is 10.1. The van der Waals surface area contributed by atoms with Gasteiger partial charge in [-0.25, -0.2) is 4.79 Å². The van der Waals surface area contributed by atoms with Gasteiger partial charge in [0.1, 0.15) is 0 Å². The molecule has 1 atom stereocenters. The van der Waals surface area contributed by atoms with Crippen LogP contribution in [0.4, 0.5) is 4.79 Å². The average molecular weight is 395 g/mol. The Hall–Kier alpha value is -1.32. The van der Waals surface area contributed by atoms with Gasteiger partial charge in [0.25, 0.3) is 0 Å². The molecule has 2 amide bonds. The van der Waals surface area contributed by atoms with Crippen molar-refractivity contribution in [2.24, 2.45) is 7.05 Å². The summed E-state index contributed by atoms with van der Waals surface area (Å²) < 4.78 is 7.46. The van der Waals surface area contributed by atoms with Gasteiger partial charge < -0.3 is 24.0 Å². The lowest BCUT2D eigenvalue weighted by atomic mass is 10.2. The molecule has 0 spiro atoms. The highest BCUT2D eigenvalue weighted by atomic mass is 32.2. The van der Waals surface area contributed by atoms with Crippen LogP contribution in [-0.4, -0.2) is 93.7 Å². The third-order valence-corrected chi connectivity index (χ3v) is 6.78. The number of aromatic nitrogens is 3. The maximum absolute atomic E-state index is 12.9. The molecule has 0 aliphatic carbocycles. The highest BCUT2D eigenvalue weighted by Gasteiger charge is 2.36. The van der Waals surface area contributed by atoms with Gasteiger partial charge >= 0.3 is 6.03 Å². The van der Waals surface area contributed by atoms with Gasteiger partial charge in [-0.2, -0.15) is 0 Å². The van der Waals surface area contributed by atoms with Crippen LogP contribution in [0.1, 0.15) is 37.5 Å². The molecular formula is C18H30N6O2S. The molecule has 3 fully saturated rings. The summed E-state index contributed by atoms with van der Waals surface area (Å²) in [6.07, 6.45) is 4.63. The molecule has 1 aromatic heterocycles. The van der Waals surface area contributed by atoms with Crippen molar-refractivity contribution in [2.75, 3.05) is 58.2 Å². The smallest absolute Gasteiger partial charge is 0.320 e. The maximum atomic E-state index is 12.9. The largest absolute Gasteiger partial charge is 0.378 e. The zero-order valence-electron chi connectivity index (χ0n) is 16.2. The number of amides is 2. The van der Waals surface area contributed by atoms with E-state index in [1.54, 1.807) is 11.8 Å². The third-order valence-electron chi connectivity index (χ3n) is 5.78. The van der Waals surface area contributed by atoms with E-state index in [-0.39, 0.29) is 12.1 Å². The fraction of sp³-hybridized carbons (Fsp3) is 0.833. The Morgan fingerprint density at radius 3 is 2.67 bits per heavy atom. The van der Waals surface area contributed by atoms with Crippen LogP contribution >= 0.6 is 11.8 Å². The van der Waals surface area contributed by atoms with Gasteiger partial charge in [-0.3, -0.25) is 0 Å². The lowest BCUT2D eigenvalue weighted by Crippen LogP contribution is -2.48. The van der Waals surface area contributed by atoms with E-state index in [1.807, 2.05) is 16.8 Å². The molecule has 150 valence electrons. The van der Waals surface area contributed by atoms with Crippen LogP contribution in [0.15, 0.2) is 5.16 Å². The highest BCUT2D eigenvalue weighted by Crippen LogP contribution is 2.33. The van der Waals surface area contributed by atoms with Crippen LogP contribution in [0.2, 0.25) is 0 Å². The van der Waals surface area contributed by atoms with Gasteiger partial charge in [-0.05, 0) is 38.8 Å². The number of nitrogens with zero attached hydrogens (tertiary/aromatic N) is 6. The van der Waals surface area contributed by atoms with E-state index in [2.05, 4.69) is 19.7 Å². The van der Waals surface area contributed by atoms with Crippen molar-refractivity contribution in [3.05, 3.63) is 5.82 Å². The van der Waals surface area contributed by atoms with Crippen molar-refractivity contribution in [2.45, 2.75) is 36.9 Å². The van der Waals surface area contributed by atoms with E-state index in [1.165, 1.54) is 25.9 Å². The summed E-state index contributed by atoms with van der Waals surface area (Å²) in [5.74, 6) is 1.95. The molecule has 0 saturated carbocycles. The van der Waals surface area contributed by atoms with Gasteiger partial charge in [-0.15, -0.1) is 10.2 Å². The van der Waals surface area contributed by atoms with Crippen molar-refractivity contribution in [1.82, 2.24) is 29.5 Å². The van der Waals surface area contributed by atoms with E-state index in [0.717, 1.165) is 42.7 Å². The first-order valence-corrected chi connectivity index (χ1v) is 11.1. The Morgan fingerprint density at radius 1 is 1.11 bits per heavy atom. The number of hydrogen-bond acceptors (Lipinski definition) is 6. The fourth-order valence-electron chi connectivity index (χ4n) is 4.21. The number of hydrogen-bond donors (Lipinski definition) is 0. The molecule has 3 saturated heterocycles. The second-order valence-electron chi connectivity index (χ2n) is 7.53. The standard InChI is InChI=1S/C18H30N6O2S/c1-21-16(19-20-17(21)27-14-11-22-6-2-3-7-22)15-5-4-8-24(15)18(25)23-9-12-26-13-10-23/h15H,2-14H2,1H3/t15-/m0/s1. The fourth-order valence-corrected chi connectivity index (χ4v) is 5.13. The Balaban J connectivity index is 1.38. The lowest BCUT2D eigenvalue weighted by Gasteiger charge is -2.33. The normalized spacial score (nSPS) is 24.1. The zero-order chi connectivity index (χ0) is 18.6. The van der Waals surface area contributed by atoms with Crippen molar-refractivity contribution in [1.29, 1.82) is 0 Å². The van der Waals surface area contributed by atoms with Crippen molar-refractivity contribution in [3.8, 4) is 0 Å². The molecule has 4 rings (SSSR count). The summed E-state index contributed by atoms with van der Waals surface area (Å²) in [6, 6.07) is 0.151. The molecule has 0 aromatic carbocycles. The van der Waals surface area contributed by atoms with E-state index < -0.39 is 0 Å². The SMILES string of the molecule is Cn1c(SCCN2CCCC2)nnc1[C@@H]1CCCN1C(=O)N1CCOCC1. The van der Waals surface area contributed by atoms with Crippen molar-refractivity contribution >= 4 is 17.8 Å². The first kappa shape index (κ1) is 19.0. The van der Waals surface area contributed by atoms with Gasteiger partial charge in [0, 0.05) is 39.0 Å². The number of carbonyl (C=O) groups excluding carboxylic acids is 1. The van der Waals surface area contributed by atoms with Gasteiger partial charge in [0.15, 0.2) is 11.0 Å². The van der Waals surface area contributed by atoms with E-state index in [4.69, 9.17) is 4.74 Å². The van der Waals surface area contributed by atoms with Crippen molar-refractivity contribution in [3.63, 3.8) is 0 Å². The van der Waals surface area contributed by atoms with Crippen molar-refractivity contribution < 1.29 is 9.53 Å². The Kier molecular flexibility index (Phi) is 6.19. The predicted molar refractivity (Wildman–Crippen MR) is 104 cm³/mol. The number of ether oxygens (including phenoxy) is 1. The van der Waals surface area contributed by atoms with Gasteiger partial charge in [0.2, 0.25) is 0 Å². The van der Waals surface area contributed by atoms with Crippen LogP contribution in [0, 0.1) is 0 Å². The molecule has 0 N–H and O–H groups in total. The van der Waals surface area contributed by atoms with Crippen LogP contribution < -0.4 is 0 Å². The highest BCUT2D eigenvalue weighted by molar-refractivity contribution is 7.99. The van der Waals surface area contributed by atoms with Crippen LogP contribution in [-0.2, 0) is 11.8 Å². The van der Waals surface area contributed by atoms with E-state index >= 15 is 0 Å². The number of thioether (sulfide) groups is 1. The molecule has 0 unspecified atom stereocenters. The molecule has 3 aliphatic rings. The number of carbonyl (C=O) groups is 1.